The highest BCUT2D eigenvalue weighted by Crippen LogP contribution is 2.32. The van der Waals surface area contributed by atoms with E-state index < -0.39 is 4.92 Å². The van der Waals surface area contributed by atoms with Crippen LogP contribution in [0.25, 0.3) is 0 Å². The number of carbonyl (C=O) groups excluding carboxylic acids is 1. The van der Waals surface area contributed by atoms with E-state index in [0.29, 0.717) is 24.3 Å². The van der Waals surface area contributed by atoms with Crippen LogP contribution in [0, 0.1) is 16.0 Å². The van der Waals surface area contributed by atoms with Gasteiger partial charge >= 0.3 is 0 Å². The third kappa shape index (κ3) is 2.97. The van der Waals surface area contributed by atoms with E-state index in [-0.39, 0.29) is 23.6 Å². The Balaban J connectivity index is 2.39. The van der Waals surface area contributed by atoms with Gasteiger partial charge in [0.2, 0.25) is 0 Å². The van der Waals surface area contributed by atoms with Crippen LogP contribution in [0.3, 0.4) is 0 Å². The maximum absolute atomic E-state index is 11.9. The van der Waals surface area contributed by atoms with Gasteiger partial charge in [0.25, 0.3) is 11.6 Å². The van der Waals surface area contributed by atoms with Crippen LogP contribution in [0.4, 0.5) is 11.4 Å². The minimum absolute atomic E-state index is 0.00712. The quantitative estimate of drug-likeness (QED) is 0.664. The first kappa shape index (κ1) is 15.2. The van der Waals surface area contributed by atoms with E-state index in [1.807, 2.05) is 11.8 Å². The van der Waals surface area contributed by atoms with Gasteiger partial charge < -0.3 is 15.5 Å². The van der Waals surface area contributed by atoms with Crippen molar-refractivity contribution in [2.75, 3.05) is 32.1 Å². The van der Waals surface area contributed by atoms with Gasteiger partial charge in [-0.05, 0) is 18.1 Å². The molecule has 2 atom stereocenters. The number of nitrogens with zero attached hydrogens (tertiary/aromatic N) is 3. The Morgan fingerprint density at radius 3 is 2.57 bits per heavy atom. The minimum atomic E-state index is -0.448. The average molecular weight is 292 g/mol. The first-order valence-electron chi connectivity index (χ1n) is 6.82. The summed E-state index contributed by atoms with van der Waals surface area (Å²) in [7, 11) is 3.23. The number of hydrogen-bond acceptors (Lipinski definition) is 5. The van der Waals surface area contributed by atoms with Gasteiger partial charge in [0.15, 0.2) is 0 Å². The van der Waals surface area contributed by atoms with Crippen LogP contribution in [-0.2, 0) is 0 Å². The molecule has 21 heavy (non-hydrogen) atoms. The van der Waals surface area contributed by atoms with Gasteiger partial charge in [-0.2, -0.15) is 0 Å². The molecule has 2 N–H and O–H groups in total. The lowest BCUT2D eigenvalue weighted by Gasteiger charge is -2.19. The van der Waals surface area contributed by atoms with Crippen molar-refractivity contribution in [1.82, 2.24) is 4.90 Å². The van der Waals surface area contributed by atoms with Gasteiger partial charge in [-0.15, -0.1) is 0 Å². The number of nitro groups is 1. The standard InChI is InChI=1S/C14H20N4O3/c1-9-7-17(8-11(9)15)12-5-4-10(14(19)16(2)3)6-13(12)18(20)21/h4-6,9,11H,7-8,15H2,1-3H3. The molecular formula is C14H20N4O3. The smallest absolute Gasteiger partial charge is 0.293 e. The molecule has 0 bridgehead atoms. The Labute approximate surface area is 123 Å². The normalized spacial score (nSPS) is 21.4. The fraction of sp³-hybridized carbons (Fsp3) is 0.500. The van der Waals surface area contributed by atoms with Gasteiger partial charge in [0.05, 0.1) is 4.92 Å². The molecule has 1 saturated heterocycles. The average Bonchev–Trinajstić information content (AvgIpc) is 2.76. The number of rotatable bonds is 3. The van der Waals surface area contributed by atoms with Gasteiger partial charge in [-0.3, -0.25) is 14.9 Å². The number of carbonyl (C=O) groups is 1. The Morgan fingerprint density at radius 1 is 1.43 bits per heavy atom. The largest absolute Gasteiger partial charge is 0.364 e. The van der Waals surface area contributed by atoms with Crippen LogP contribution in [0.2, 0.25) is 0 Å². The summed E-state index contributed by atoms with van der Waals surface area (Å²) in [5.74, 6) is 0.0313. The van der Waals surface area contributed by atoms with Crippen LogP contribution >= 0.6 is 0 Å². The molecule has 2 rings (SSSR count). The third-order valence-electron chi connectivity index (χ3n) is 3.84. The lowest BCUT2D eigenvalue weighted by Crippen LogP contribution is -2.28. The maximum atomic E-state index is 11.9. The zero-order valence-electron chi connectivity index (χ0n) is 12.4. The number of nitro benzene ring substituents is 1. The molecule has 1 aromatic carbocycles. The van der Waals surface area contributed by atoms with E-state index in [1.165, 1.54) is 11.0 Å². The molecule has 7 nitrogen and oxygen atoms in total. The van der Waals surface area contributed by atoms with Crippen molar-refractivity contribution >= 4 is 17.3 Å². The highest BCUT2D eigenvalue weighted by atomic mass is 16.6. The SMILES string of the molecule is CC1CN(c2ccc(C(=O)N(C)C)cc2[N+](=O)[O-])CC1N. The van der Waals surface area contributed by atoms with E-state index in [9.17, 15) is 14.9 Å². The molecule has 0 radical (unpaired) electrons. The van der Waals surface area contributed by atoms with Crippen molar-refractivity contribution in [3.8, 4) is 0 Å². The third-order valence-corrected chi connectivity index (χ3v) is 3.84. The number of nitrogens with two attached hydrogens (primary N) is 1. The second-order valence-electron chi connectivity index (χ2n) is 5.71. The van der Waals surface area contributed by atoms with Gasteiger partial charge in [-0.25, -0.2) is 0 Å². The summed E-state index contributed by atoms with van der Waals surface area (Å²) in [6, 6.07) is 4.61. The summed E-state index contributed by atoms with van der Waals surface area (Å²) in [4.78, 5) is 26.1. The number of benzene rings is 1. The fourth-order valence-electron chi connectivity index (χ4n) is 2.52. The molecule has 0 saturated carbocycles. The zero-order chi connectivity index (χ0) is 15.7. The monoisotopic (exact) mass is 292 g/mol. The van der Waals surface area contributed by atoms with Crippen molar-refractivity contribution in [3.63, 3.8) is 0 Å². The maximum Gasteiger partial charge on any atom is 0.293 e. The van der Waals surface area contributed by atoms with E-state index >= 15 is 0 Å². The van der Waals surface area contributed by atoms with E-state index in [4.69, 9.17) is 5.73 Å². The molecule has 1 aliphatic rings. The summed E-state index contributed by atoms with van der Waals surface area (Å²) in [6.07, 6.45) is 0. The first-order valence-corrected chi connectivity index (χ1v) is 6.82. The number of amides is 1. The predicted molar refractivity (Wildman–Crippen MR) is 80.5 cm³/mol. The number of hydrogen-bond donors (Lipinski definition) is 1. The molecule has 1 fully saturated rings. The van der Waals surface area contributed by atoms with E-state index in [0.717, 1.165) is 0 Å². The zero-order valence-corrected chi connectivity index (χ0v) is 12.4. The summed E-state index contributed by atoms with van der Waals surface area (Å²) in [6.45, 7) is 3.30. The van der Waals surface area contributed by atoms with Crippen molar-refractivity contribution in [3.05, 3.63) is 33.9 Å². The second kappa shape index (κ2) is 5.69. The molecule has 0 aromatic heterocycles. The van der Waals surface area contributed by atoms with Crippen molar-refractivity contribution in [2.24, 2.45) is 11.7 Å². The van der Waals surface area contributed by atoms with Crippen LogP contribution < -0.4 is 10.6 Å². The van der Waals surface area contributed by atoms with Crippen molar-refractivity contribution in [2.45, 2.75) is 13.0 Å². The highest BCUT2D eigenvalue weighted by Gasteiger charge is 2.31. The molecule has 1 aliphatic heterocycles. The van der Waals surface area contributed by atoms with E-state index in [1.54, 1.807) is 26.2 Å². The molecule has 7 heteroatoms. The summed E-state index contributed by atoms with van der Waals surface area (Å²) in [5.41, 5.74) is 6.76. The molecule has 1 amide bonds. The van der Waals surface area contributed by atoms with Gasteiger partial charge in [0.1, 0.15) is 5.69 Å². The molecule has 2 unspecified atom stereocenters. The summed E-state index contributed by atoms with van der Waals surface area (Å²) < 4.78 is 0. The topological polar surface area (TPSA) is 92.7 Å². The van der Waals surface area contributed by atoms with Crippen LogP contribution in [0.15, 0.2) is 18.2 Å². The predicted octanol–water partition coefficient (Wildman–Crippen LogP) is 1.08. The first-order chi connectivity index (χ1) is 9.81. The highest BCUT2D eigenvalue weighted by molar-refractivity contribution is 5.95. The van der Waals surface area contributed by atoms with Crippen LogP contribution in [-0.4, -0.2) is 49.0 Å². The lowest BCUT2D eigenvalue weighted by atomic mass is 10.1. The molecule has 0 aliphatic carbocycles. The summed E-state index contributed by atoms with van der Waals surface area (Å²) in [5, 5.41) is 11.3. The molecule has 1 aromatic rings. The fourth-order valence-corrected chi connectivity index (χ4v) is 2.52. The number of anilines is 1. The molecular weight excluding hydrogens is 272 g/mol. The van der Waals surface area contributed by atoms with E-state index in [2.05, 4.69) is 0 Å². The Bertz CT molecular complexity index is 563. The molecule has 0 spiro atoms. The summed E-state index contributed by atoms with van der Waals surface area (Å²) >= 11 is 0. The lowest BCUT2D eigenvalue weighted by molar-refractivity contribution is -0.384. The molecule has 114 valence electrons. The Hall–Kier alpha value is -2.15. The Morgan fingerprint density at radius 2 is 2.10 bits per heavy atom. The van der Waals surface area contributed by atoms with Gasteiger partial charge in [0, 0.05) is 44.9 Å². The second-order valence-corrected chi connectivity index (χ2v) is 5.71. The van der Waals surface area contributed by atoms with Gasteiger partial charge in [-0.1, -0.05) is 6.92 Å². The Kier molecular flexibility index (Phi) is 4.13. The van der Waals surface area contributed by atoms with Crippen LogP contribution in [0.1, 0.15) is 17.3 Å². The van der Waals surface area contributed by atoms with Crippen LogP contribution in [0.5, 0.6) is 0 Å². The van der Waals surface area contributed by atoms with Crippen molar-refractivity contribution in [1.29, 1.82) is 0 Å². The minimum Gasteiger partial charge on any atom is -0.364 e. The van der Waals surface area contributed by atoms with Crippen molar-refractivity contribution < 1.29 is 9.72 Å². The molecule has 1 heterocycles.